The van der Waals surface area contributed by atoms with E-state index in [2.05, 4.69) is 67.1 Å². The van der Waals surface area contributed by atoms with Crippen LogP contribution in [-0.2, 0) is 6.54 Å². The highest BCUT2D eigenvalue weighted by Crippen LogP contribution is 2.35. The van der Waals surface area contributed by atoms with Crippen molar-refractivity contribution in [1.29, 1.82) is 0 Å². The van der Waals surface area contributed by atoms with Crippen molar-refractivity contribution in [3.8, 4) is 22.5 Å². The van der Waals surface area contributed by atoms with Crippen molar-refractivity contribution < 1.29 is 4.39 Å². The van der Waals surface area contributed by atoms with Crippen LogP contribution in [0.4, 0.5) is 10.1 Å². The number of hydrogen-bond acceptors (Lipinski definition) is 5. The van der Waals surface area contributed by atoms with Crippen LogP contribution < -0.4 is 5.32 Å². The number of piperidine rings is 1. The van der Waals surface area contributed by atoms with Crippen molar-refractivity contribution in [2.75, 3.05) is 45.6 Å². The van der Waals surface area contributed by atoms with Gasteiger partial charge in [0.1, 0.15) is 11.5 Å². The molecule has 3 N–H and O–H groups in total. The largest absolute Gasteiger partial charge is 0.384 e. The van der Waals surface area contributed by atoms with Gasteiger partial charge in [-0.1, -0.05) is 31.2 Å². The van der Waals surface area contributed by atoms with Crippen molar-refractivity contribution in [2.45, 2.75) is 32.7 Å². The predicted octanol–water partition coefficient (Wildman–Crippen LogP) is 7.64. The van der Waals surface area contributed by atoms with Gasteiger partial charge in [-0.25, -0.2) is 4.39 Å². The highest BCUT2D eigenvalue weighted by atomic mass is 19.1. The Balaban J connectivity index is 1.31. The number of halogens is 1. The third kappa shape index (κ3) is 7.08. The lowest BCUT2D eigenvalue weighted by Gasteiger charge is -2.26. The number of allylic oxidation sites excluding steroid dienone is 2. The fraction of sp³-hybridized carbons (Fsp3) is 0.297. The van der Waals surface area contributed by atoms with Crippen LogP contribution in [0.3, 0.4) is 0 Å². The Kier molecular flexibility index (Phi) is 9.23. The lowest BCUT2D eigenvalue weighted by Crippen LogP contribution is -2.29. The van der Waals surface area contributed by atoms with Crippen LogP contribution in [-0.4, -0.2) is 70.2 Å². The van der Waals surface area contributed by atoms with E-state index in [1.54, 1.807) is 12.1 Å². The number of likely N-dealkylation sites (tertiary alicyclic amines) is 1. The zero-order valence-corrected chi connectivity index (χ0v) is 26.5. The number of pyridine rings is 1. The summed E-state index contributed by atoms with van der Waals surface area (Å²) in [6.45, 7) is 10.8. The molecule has 0 bridgehead atoms. The number of H-pyrrole nitrogens is 2. The minimum absolute atomic E-state index is 0.288. The average molecular weight is 604 g/mol. The number of benzene rings is 2. The molecule has 1 aliphatic heterocycles. The first kappa shape index (κ1) is 30.5. The van der Waals surface area contributed by atoms with Crippen molar-refractivity contribution in [1.82, 2.24) is 30.0 Å². The van der Waals surface area contributed by atoms with Crippen LogP contribution >= 0.6 is 0 Å². The molecule has 0 saturated carbocycles. The summed E-state index contributed by atoms with van der Waals surface area (Å²) in [6.07, 6.45) is 11.5. The van der Waals surface area contributed by atoms with Crippen molar-refractivity contribution in [3.63, 3.8) is 0 Å². The third-order valence-electron chi connectivity index (χ3n) is 8.49. The molecule has 0 atom stereocenters. The second-order valence-corrected chi connectivity index (χ2v) is 12.2. The molecule has 7 nitrogen and oxygen atoms in total. The summed E-state index contributed by atoms with van der Waals surface area (Å²) in [7, 11) is 4.04. The van der Waals surface area contributed by atoms with E-state index < -0.39 is 0 Å². The summed E-state index contributed by atoms with van der Waals surface area (Å²) in [5.41, 5.74) is 10.5. The number of rotatable bonds is 11. The fourth-order valence-electron chi connectivity index (χ4n) is 6.20. The summed E-state index contributed by atoms with van der Waals surface area (Å²) < 4.78 is 14.8. The van der Waals surface area contributed by atoms with Gasteiger partial charge in [0, 0.05) is 59.9 Å². The van der Waals surface area contributed by atoms with E-state index >= 15 is 0 Å². The fourth-order valence-corrected chi connectivity index (χ4v) is 6.20. The van der Waals surface area contributed by atoms with Gasteiger partial charge in [-0.2, -0.15) is 5.10 Å². The van der Waals surface area contributed by atoms with Crippen molar-refractivity contribution in [2.24, 2.45) is 0 Å². The monoisotopic (exact) mass is 603 g/mol. The Labute approximate surface area is 264 Å². The van der Waals surface area contributed by atoms with Gasteiger partial charge < -0.3 is 15.2 Å². The molecule has 0 aliphatic carbocycles. The SMILES string of the molecule is C=C/C=C(/c1cc(F)cc(NCCN(C)C)c1)c1cc(-c2n[nH]c3ccc(-c4cncc(CN5CCCCC5)c4)cc23)[nH]c1C. The molecule has 3 aromatic heterocycles. The standard InChI is InChI=1S/C37H42FN7/c1-5-9-32(28-17-30(38)20-31(18-28)40-12-15-44(3)4)33-21-36(41-25(33)2)37-34-19-27(10-11-35(34)42-43-37)29-16-26(22-39-23-29)24-45-13-7-6-8-14-45/h5,9-11,16-23,40-41H,1,6-8,12-15,24H2,2-4H3,(H,42,43)/b32-9-. The van der Waals surface area contributed by atoms with E-state index in [-0.39, 0.29) is 5.82 Å². The molecule has 0 spiro atoms. The van der Waals surface area contributed by atoms with Gasteiger partial charge in [-0.05, 0) is 112 Å². The lowest BCUT2D eigenvalue weighted by atomic mass is 9.96. The third-order valence-corrected chi connectivity index (χ3v) is 8.49. The first-order valence-electron chi connectivity index (χ1n) is 15.8. The van der Waals surface area contributed by atoms with E-state index in [9.17, 15) is 4.39 Å². The summed E-state index contributed by atoms with van der Waals surface area (Å²) in [5.74, 6) is -0.288. The molecule has 6 rings (SSSR count). The lowest BCUT2D eigenvalue weighted by molar-refractivity contribution is 0.220. The molecule has 0 radical (unpaired) electrons. The zero-order valence-electron chi connectivity index (χ0n) is 26.5. The molecular weight excluding hydrogens is 561 g/mol. The highest BCUT2D eigenvalue weighted by Gasteiger charge is 2.18. The summed E-state index contributed by atoms with van der Waals surface area (Å²) in [4.78, 5) is 12.7. The number of fused-ring (bicyclic) bond motifs is 1. The highest BCUT2D eigenvalue weighted by molar-refractivity contribution is 5.96. The molecule has 0 amide bonds. The Hall–Kier alpha value is -4.53. The number of nitrogens with zero attached hydrogens (tertiary/aromatic N) is 4. The van der Waals surface area contributed by atoms with Crippen LogP contribution in [0.5, 0.6) is 0 Å². The van der Waals surface area contributed by atoms with E-state index in [0.717, 1.165) is 94.2 Å². The Morgan fingerprint density at radius 3 is 2.69 bits per heavy atom. The predicted molar refractivity (Wildman–Crippen MR) is 184 cm³/mol. The molecular formula is C37H42FN7. The molecule has 8 heteroatoms. The second kappa shape index (κ2) is 13.6. The van der Waals surface area contributed by atoms with Gasteiger partial charge in [0.15, 0.2) is 0 Å². The minimum Gasteiger partial charge on any atom is -0.384 e. The van der Waals surface area contributed by atoms with E-state index in [0.29, 0.717) is 0 Å². The van der Waals surface area contributed by atoms with Crippen molar-refractivity contribution in [3.05, 3.63) is 108 Å². The smallest absolute Gasteiger partial charge is 0.125 e. The van der Waals surface area contributed by atoms with Crippen molar-refractivity contribution >= 4 is 22.2 Å². The van der Waals surface area contributed by atoms with Gasteiger partial charge >= 0.3 is 0 Å². The van der Waals surface area contributed by atoms with Gasteiger partial charge in [0.05, 0.1) is 11.2 Å². The summed E-state index contributed by atoms with van der Waals surface area (Å²) in [5, 5.41) is 12.3. The first-order valence-corrected chi connectivity index (χ1v) is 15.8. The zero-order chi connectivity index (χ0) is 31.3. The number of anilines is 1. The average Bonchev–Trinajstić information content (AvgIpc) is 3.63. The Morgan fingerprint density at radius 2 is 1.89 bits per heavy atom. The number of aromatic nitrogens is 4. The molecule has 4 heterocycles. The normalized spacial score (nSPS) is 14.4. The van der Waals surface area contributed by atoms with E-state index in [4.69, 9.17) is 5.10 Å². The topological polar surface area (TPSA) is 75.9 Å². The van der Waals surface area contributed by atoms with Gasteiger partial charge in [0.25, 0.3) is 0 Å². The first-order chi connectivity index (χ1) is 21.9. The maximum absolute atomic E-state index is 14.8. The maximum atomic E-state index is 14.8. The molecule has 232 valence electrons. The molecule has 5 aromatic rings. The summed E-state index contributed by atoms with van der Waals surface area (Å²) >= 11 is 0. The molecule has 45 heavy (non-hydrogen) atoms. The quantitative estimate of drug-likeness (QED) is 0.135. The summed E-state index contributed by atoms with van der Waals surface area (Å²) in [6, 6.07) is 15.8. The van der Waals surface area contributed by atoms with Crippen LogP contribution in [0.25, 0.3) is 39.0 Å². The Morgan fingerprint density at radius 1 is 1.04 bits per heavy atom. The number of nitrogens with one attached hydrogen (secondary N) is 3. The number of aryl methyl sites for hydroxylation is 1. The van der Waals surface area contributed by atoms with Gasteiger partial charge in [-0.3, -0.25) is 15.0 Å². The van der Waals surface area contributed by atoms with Gasteiger partial charge in [0.2, 0.25) is 0 Å². The molecule has 0 unspecified atom stereocenters. The minimum atomic E-state index is -0.288. The molecule has 1 saturated heterocycles. The van der Waals surface area contributed by atoms with E-state index in [1.165, 1.54) is 30.9 Å². The van der Waals surface area contributed by atoms with Crippen LogP contribution in [0, 0.1) is 12.7 Å². The number of likely N-dealkylation sites (N-methyl/N-ethyl adjacent to an activating group) is 1. The molecule has 1 fully saturated rings. The molecule has 1 aliphatic rings. The van der Waals surface area contributed by atoms with E-state index in [1.807, 2.05) is 45.6 Å². The Bertz CT molecular complexity index is 1820. The van der Waals surface area contributed by atoms with Crippen LogP contribution in [0.1, 0.15) is 41.6 Å². The molecule has 2 aromatic carbocycles. The van der Waals surface area contributed by atoms with Crippen LogP contribution in [0.2, 0.25) is 0 Å². The number of hydrogen-bond donors (Lipinski definition) is 3. The second-order valence-electron chi connectivity index (χ2n) is 12.2. The maximum Gasteiger partial charge on any atom is 0.125 e. The number of aromatic amines is 2. The van der Waals surface area contributed by atoms with Crippen LogP contribution in [0.15, 0.2) is 79.7 Å². The van der Waals surface area contributed by atoms with Gasteiger partial charge in [-0.15, -0.1) is 0 Å².